The Balaban J connectivity index is 2.05. The average Bonchev–Trinajstić information content (AvgIpc) is 3.05. The third-order valence-electron chi connectivity index (χ3n) is 4.94. The maximum absolute atomic E-state index is 11.8. The van der Waals surface area contributed by atoms with Crippen LogP contribution in [-0.4, -0.2) is 33.4 Å². The molecule has 0 saturated carbocycles. The van der Waals surface area contributed by atoms with Gasteiger partial charge in [-0.25, -0.2) is 4.68 Å². The number of nitrogens with one attached hydrogen (secondary N) is 1. The molecule has 2 unspecified atom stereocenters. The molecule has 142 valence electrons. The Labute approximate surface area is 162 Å². The van der Waals surface area contributed by atoms with Crippen LogP contribution in [0.4, 0.5) is 5.82 Å². The maximum Gasteiger partial charge on any atom is 0.222 e. The summed E-state index contributed by atoms with van der Waals surface area (Å²) >= 11 is 0. The number of nitrogens with zero attached hydrogens (tertiary/aromatic N) is 4. The predicted molar refractivity (Wildman–Crippen MR) is 110 cm³/mol. The van der Waals surface area contributed by atoms with Crippen molar-refractivity contribution in [3.05, 3.63) is 35.9 Å². The van der Waals surface area contributed by atoms with E-state index in [4.69, 9.17) is 5.10 Å². The van der Waals surface area contributed by atoms with E-state index in [0.717, 1.165) is 37.9 Å². The molecule has 1 aromatic heterocycles. The van der Waals surface area contributed by atoms with Crippen molar-refractivity contribution in [1.29, 1.82) is 5.26 Å². The van der Waals surface area contributed by atoms with E-state index in [1.807, 2.05) is 35.0 Å². The number of carbonyl (C=O) groups excluding carboxylic acids is 1. The number of hydrogen-bond donors (Lipinski definition) is 1. The van der Waals surface area contributed by atoms with E-state index in [0.29, 0.717) is 17.1 Å². The minimum atomic E-state index is -0.192. The van der Waals surface area contributed by atoms with Gasteiger partial charge in [0.05, 0.1) is 6.04 Å². The van der Waals surface area contributed by atoms with Crippen molar-refractivity contribution >= 4 is 21.1 Å². The summed E-state index contributed by atoms with van der Waals surface area (Å²) in [6, 6.07) is 12.1. The monoisotopic (exact) mass is 383 g/mol. The second kappa shape index (κ2) is 9.12. The molecule has 1 N–H and O–H groups in total. The van der Waals surface area contributed by atoms with E-state index < -0.39 is 0 Å². The molecule has 1 aromatic carbocycles. The summed E-state index contributed by atoms with van der Waals surface area (Å²) in [4.78, 5) is 11.8. The highest BCUT2D eigenvalue weighted by Crippen LogP contribution is 2.34. The quantitative estimate of drug-likeness (QED) is 0.814. The van der Waals surface area contributed by atoms with Crippen molar-refractivity contribution in [3.63, 3.8) is 0 Å². The topological polar surface area (TPSA) is 74.0 Å². The predicted octanol–water partition coefficient (Wildman–Crippen LogP) is 3.98. The number of aromatic nitrogens is 2. The lowest BCUT2D eigenvalue weighted by Crippen LogP contribution is -2.21. The van der Waals surface area contributed by atoms with E-state index in [9.17, 15) is 10.1 Å². The van der Waals surface area contributed by atoms with E-state index in [1.165, 1.54) is 19.8 Å². The molecule has 1 saturated heterocycles. The van der Waals surface area contributed by atoms with Crippen LogP contribution in [-0.2, 0) is 4.79 Å². The molecule has 2 heterocycles. The molecule has 1 amide bonds. The van der Waals surface area contributed by atoms with Crippen LogP contribution in [0.1, 0.15) is 50.6 Å². The van der Waals surface area contributed by atoms with Crippen LogP contribution < -0.4 is 5.32 Å². The lowest BCUT2D eigenvalue weighted by atomic mass is 10.1. The Morgan fingerprint density at radius 3 is 2.70 bits per heavy atom. The normalized spacial score (nSPS) is 18.8. The minimum absolute atomic E-state index is 0.151. The van der Waals surface area contributed by atoms with Gasteiger partial charge in [-0.15, -0.1) is 0 Å². The second-order valence-corrected chi connectivity index (χ2v) is 7.73. The van der Waals surface area contributed by atoms with Gasteiger partial charge in [-0.1, -0.05) is 52.6 Å². The third-order valence-corrected chi connectivity index (χ3v) is 5.46. The van der Waals surface area contributed by atoms with E-state index >= 15 is 0 Å². The summed E-state index contributed by atoms with van der Waals surface area (Å²) in [7, 11) is 2.80. The standard InChI is InChI=1S/C20H26N5OP/c1-15(26)22-20-18(14-21)19(16-8-4-2-5-9-16)23-25(20)17-10-6-3-7-12-24(27)13-11-17/h2,4-5,8-9,17H,3,6-7,10-13,27H2,1H3,(H,22,26). The van der Waals surface area contributed by atoms with Gasteiger partial charge >= 0.3 is 0 Å². The van der Waals surface area contributed by atoms with Crippen molar-refractivity contribution in [2.24, 2.45) is 0 Å². The van der Waals surface area contributed by atoms with Crippen LogP contribution in [0.25, 0.3) is 11.3 Å². The number of benzene rings is 1. The molecule has 1 aliphatic rings. The van der Waals surface area contributed by atoms with Gasteiger partial charge in [-0.05, 0) is 19.3 Å². The summed E-state index contributed by atoms with van der Waals surface area (Å²) in [5.41, 5.74) is 1.94. The van der Waals surface area contributed by atoms with Gasteiger partial charge in [0.2, 0.25) is 5.91 Å². The van der Waals surface area contributed by atoms with Gasteiger partial charge < -0.3 is 5.32 Å². The summed E-state index contributed by atoms with van der Waals surface area (Å²) in [6.45, 7) is 3.49. The summed E-state index contributed by atoms with van der Waals surface area (Å²) in [5, 5.41) is 17.5. The maximum atomic E-state index is 11.8. The lowest BCUT2D eigenvalue weighted by molar-refractivity contribution is -0.114. The summed E-state index contributed by atoms with van der Waals surface area (Å²) in [6.07, 6.45) is 5.40. The van der Waals surface area contributed by atoms with Crippen LogP contribution in [0.3, 0.4) is 0 Å². The largest absolute Gasteiger partial charge is 0.310 e. The number of rotatable bonds is 3. The molecule has 0 radical (unpaired) electrons. The molecule has 7 heteroatoms. The zero-order chi connectivity index (χ0) is 19.2. The van der Waals surface area contributed by atoms with Gasteiger partial charge in [0.1, 0.15) is 23.1 Å². The smallest absolute Gasteiger partial charge is 0.222 e. The molecule has 6 nitrogen and oxygen atoms in total. The highest BCUT2D eigenvalue weighted by molar-refractivity contribution is 7.13. The molecule has 0 spiro atoms. The van der Waals surface area contributed by atoms with Crippen molar-refractivity contribution in [2.75, 3.05) is 18.4 Å². The zero-order valence-corrected chi connectivity index (χ0v) is 16.8. The lowest BCUT2D eigenvalue weighted by Gasteiger charge is -2.21. The highest BCUT2D eigenvalue weighted by Gasteiger charge is 2.25. The molecule has 1 fully saturated rings. The van der Waals surface area contributed by atoms with Gasteiger partial charge in [-0.3, -0.25) is 9.46 Å². The van der Waals surface area contributed by atoms with Crippen molar-refractivity contribution in [3.8, 4) is 17.3 Å². The first-order valence-corrected chi connectivity index (χ1v) is 9.97. The summed E-state index contributed by atoms with van der Waals surface area (Å²) < 4.78 is 4.15. The van der Waals surface area contributed by atoms with Crippen LogP contribution in [0, 0.1) is 11.3 Å². The van der Waals surface area contributed by atoms with Gasteiger partial charge in [-0.2, -0.15) is 10.4 Å². The third kappa shape index (κ3) is 4.74. The highest BCUT2D eigenvalue weighted by atomic mass is 31.0. The average molecular weight is 383 g/mol. The SMILES string of the molecule is CC(=O)Nc1c(C#N)c(-c2ccccc2)nn1C1CCCCCN(P)CC1. The Bertz CT molecular complexity index is 827. The van der Waals surface area contributed by atoms with E-state index in [-0.39, 0.29) is 11.9 Å². The van der Waals surface area contributed by atoms with Gasteiger partial charge in [0, 0.05) is 25.6 Å². The molecule has 1 aliphatic heterocycles. The second-order valence-electron chi connectivity index (χ2n) is 7.00. The van der Waals surface area contributed by atoms with Crippen LogP contribution in [0.15, 0.2) is 30.3 Å². The van der Waals surface area contributed by atoms with Crippen molar-refractivity contribution in [1.82, 2.24) is 14.5 Å². The number of anilines is 1. The van der Waals surface area contributed by atoms with Crippen LogP contribution in [0.5, 0.6) is 0 Å². The summed E-state index contributed by atoms with van der Waals surface area (Å²) in [5.74, 6) is 0.325. The van der Waals surface area contributed by atoms with E-state index in [1.54, 1.807) is 0 Å². The number of amides is 1. The van der Waals surface area contributed by atoms with Crippen LogP contribution >= 0.6 is 9.39 Å². The van der Waals surface area contributed by atoms with Crippen LogP contribution in [0.2, 0.25) is 0 Å². The molecular weight excluding hydrogens is 357 g/mol. The minimum Gasteiger partial charge on any atom is -0.310 e. The Morgan fingerprint density at radius 2 is 2.00 bits per heavy atom. The Morgan fingerprint density at radius 1 is 1.22 bits per heavy atom. The Hall–Kier alpha value is -2.22. The fraction of sp³-hybridized carbons (Fsp3) is 0.450. The molecule has 3 rings (SSSR count). The van der Waals surface area contributed by atoms with Gasteiger partial charge in [0.15, 0.2) is 0 Å². The first kappa shape index (κ1) is 19.5. The first-order valence-electron chi connectivity index (χ1n) is 9.45. The Kier molecular flexibility index (Phi) is 6.60. The number of hydrogen-bond acceptors (Lipinski definition) is 4. The fourth-order valence-electron chi connectivity index (χ4n) is 3.58. The molecular formula is C20H26N5OP. The molecule has 2 aromatic rings. The first-order chi connectivity index (χ1) is 13.1. The molecule has 2 atom stereocenters. The molecule has 27 heavy (non-hydrogen) atoms. The zero-order valence-electron chi connectivity index (χ0n) is 15.7. The molecule has 0 bridgehead atoms. The van der Waals surface area contributed by atoms with Crippen molar-refractivity contribution in [2.45, 2.75) is 45.1 Å². The molecule has 0 aliphatic carbocycles. The van der Waals surface area contributed by atoms with Gasteiger partial charge in [0.25, 0.3) is 0 Å². The van der Waals surface area contributed by atoms with Crippen molar-refractivity contribution < 1.29 is 4.79 Å². The number of nitriles is 1. The van der Waals surface area contributed by atoms with E-state index in [2.05, 4.69) is 25.4 Å². The fourth-order valence-corrected chi connectivity index (χ4v) is 3.91. The number of carbonyl (C=O) groups is 1.